The molecule has 0 aromatic heterocycles. The number of nitrogens with zero attached hydrogens (tertiary/aromatic N) is 1. The minimum atomic E-state index is -0.759. The van der Waals surface area contributed by atoms with Crippen LogP contribution in [0.2, 0.25) is 0 Å². The fourth-order valence-corrected chi connectivity index (χ4v) is 1.89. The van der Waals surface area contributed by atoms with Gasteiger partial charge < -0.3 is 11.1 Å². The van der Waals surface area contributed by atoms with Gasteiger partial charge in [-0.1, -0.05) is 42.5 Å². The van der Waals surface area contributed by atoms with E-state index in [-0.39, 0.29) is 18.1 Å². The molecule has 0 aliphatic carbocycles. The molecule has 0 radical (unpaired) electrons. The van der Waals surface area contributed by atoms with Gasteiger partial charge in [0, 0.05) is 18.7 Å². The first-order valence-electron chi connectivity index (χ1n) is 6.39. The summed E-state index contributed by atoms with van der Waals surface area (Å²) in [6.45, 7) is 0.195. The molecule has 0 bridgehead atoms. The Balaban J connectivity index is 1.98. The van der Waals surface area contributed by atoms with Gasteiger partial charge in [-0.3, -0.25) is 14.9 Å². The molecule has 6 heteroatoms. The van der Waals surface area contributed by atoms with E-state index in [1.54, 1.807) is 24.3 Å². The summed E-state index contributed by atoms with van der Waals surface area (Å²) in [5.41, 5.74) is 7.22. The number of rotatable bonds is 5. The number of nitrogens with one attached hydrogen (secondary N) is 1. The fraction of sp³-hybridized carbons (Fsp3) is 0.133. The third-order valence-corrected chi connectivity index (χ3v) is 3.03. The highest BCUT2D eigenvalue weighted by atomic mass is 16.6. The topological polar surface area (TPSA) is 98.3 Å². The lowest BCUT2D eigenvalue weighted by Gasteiger charge is -2.12. The Morgan fingerprint density at radius 3 is 2.57 bits per heavy atom. The number of amides is 1. The summed E-state index contributed by atoms with van der Waals surface area (Å²) >= 11 is 0. The first kappa shape index (κ1) is 14.7. The van der Waals surface area contributed by atoms with Gasteiger partial charge in [-0.25, -0.2) is 0 Å². The van der Waals surface area contributed by atoms with Crippen molar-refractivity contribution < 1.29 is 9.72 Å². The number of hydrogen-bond donors (Lipinski definition) is 2. The Kier molecular flexibility index (Phi) is 4.63. The van der Waals surface area contributed by atoms with E-state index in [1.165, 1.54) is 12.1 Å². The molecule has 0 unspecified atom stereocenters. The summed E-state index contributed by atoms with van der Waals surface area (Å²) in [6, 6.07) is 14.4. The molecule has 21 heavy (non-hydrogen) atoms. The highest BCUT2D eigenvalue weighted by molar-refractivity contribution is 5.82. The summed E-state index contributed by atoms with van der Waals surface area (Å²) < 4.78 is 0. The van der Waals surface area contributed by atoms with Gasteiger partial charge in [-0.15, -0.1) is 0 Å². The minimum Gasteiger partial charge on any atom is -0.350 e. The maximum absolute atomic E-state index is 12.0. The van der Waals surface area contributed by atoms with Crippen LogP contribution in [-0.4, -0.2) is 10.8 Å². The number of hydrogen-bond acceptors (Lipinski definition) is 4. The predicted molar refractivity (Wildman–Crippen MR) is 78.3 cm³/mol. The molecule has 1 atom stereocenters. The second-order valence-corrected chi connectivity index (χ2v) is 4.53. The van der Waals surface area contributed by atoms with Crippen LogP contribution in [0.25, 0.3) is 0 Å². The van der Waals surface area contributed by atoms with Crippen LogP contribution in [0.15, 0.2) is 54.6 Å². The molecule has 2 aromatic carbocycles. The summed E-state index contributed by atoms with van der Waals surface area (Å²) in [4.78, 5) is 22.2. The van der Waals surface area contributed by atoms with Crippen LogP contribution >= 0.6 is 0 Å². The van der Waals surface area contributed by atoms with E-state index in [0.29, 0.717) is 11.1 Å². The maximum atomic E-state index is 12.0. The molecular formula is C15H15N3O3. The number of benzene rings is 2. The molecule has 0 heterocycles. The van der Waals surface area contributed by atoms with Gasteiger partial charge in [0.1, 0.15) is 6.04 Å². The maximum Gasteiger partial charge on any atom is 0.269 e. The van der Waals surface area contributed by atoms with Gasteiger partial charge in [0.05, 0.1) is 4.92 Å². The fourth-order valence-electron chi connectivity index (χ4n) is 1.89. The average molecular weight is 285 g/mol. The van der Waals surface area contributed by atoms with E-state index < -0.39 is 11.0 Å². The Labute approximate surface area is 121 Å². The van der Waals surface area contributed by atoms with Gasteiger partial charge in [0.15, 0.2) is 0 Å². The van der Waals surface area contributed by atoms with Crippen molar-refractivity contribution in [2.75, 3.05) is 0 Å². The van der Waals surface area contributed by atoms with Crippen molar-refractivity contribution in [3.05, 3.63) is 75.8 Å². The zero-order chi connectivity index (χ0) is 15.2. The molecule has 0 spiro atoms. The van der Waals surface area contributed by atoms with Crippen LogP contribution < -0.4 is 11.1 Å². The van der Waals surface area contributed by atoms with Crippen LogP contribution in [0.4, 0.5) is 5.69 Å². The number of nitrogens with two attached hydrogens (primary N) is 1. The van der Waals surface area contributed by atoms with E-state index in [2.05, 4.69) is 5.32 Å². The number of nitro groups is 1. The van der Waals surface area contributed by atoms with Crippen molar-refractivity contribution in [3.8, 4) is 0 Å². The molecule has 0 aliphatic heterocycles. The lowest BCUT2D eigenvalue weighted by molar-refractivity contribution is -0.384. The second-order valence-electron chi connectivity index (χ2n) is 4.53. The molecular weight excluding hydrogens is 270 g/mol. The smallest absolute Gasteiger partial charge is 0.269 e. The molecule has 0 saturated heterocycles. The Morgan fingerprint density at radius 1 is 1.19 bits per heavy atom. The molecule has 2 aromatic rings. The predicted octanol–water partition coefficient (Wildman–Crippen LogP) is 1.91. The first-order valence-corrected chi connectivity index (χ1v) is 6.39. The molecule has 1 amide bonds. The van der Waals surface area contributed by atoms with Crippen molar-refractivity contribution in [3.63, 3.8) is 0 Å². The van der Waals surface area contributed by atoms with Gasteiger partial charge >= 0.3 is 0 Å². The van der Waals surface area contributed by atoms with E-state index in [4.69, 9.17) is 5.73 Å². The number of nitro benzene ring substituents is 1. The molecule has 6 nitrogen and oxygen atoms in total. The zero-order valence-electron chi connectivity index (χ0n) is 11.2. The Bertz CT molecular complexity index is 644. The normalized spacial score (nSPS) is 11.7. The van der Waals surface area contributed by atoms with Crippen LogP contribution in [-0.2, 0) is 11.3 Å². The Hall–Kier alpha value is -2.73. The molecule has 0 fully saturated rings. The molecule has 2 rings (SSSR count). The number of carbonyl (C=O) groups excluding carboxylic acids is 1. The second kappa shape index (κ2) is 6.62. The average Bonchev–Trinajstić information content (AvgIpc) is 2.53. The van der Waals surface area contributed by atoms with Crippen molar-refractivity contribution in [1.82, 2.24) is 5.32 Å². The van der Waals surface area contributed by atoms with Crippen molar-refractivity contribution >= 4 is 11.6 Å². The van der Waals surface area contributed by atoms with Gasteiger partial charge in [0.2, 0.25) is 5.91 Å². The number of non-ortho nitro benzene ring substituents is 1. The summed E-state index contributed by atoms with van der Waals surface area (Å²) in [5.74, 6) is -0.326. The zero-order valence-corrected chi connectivity index (χ0v) is 11.2. The lowest BCUT2D eigenvalue weighted by atomic mass is 10.1. The summed E-state index contributed by atoms with van der Waals surface area (Å²) in [7, 11) is 0. The van der Waals surface area contributed by atoms with E-state index in [9.17, 15) is 14.9 Å². The van der Waals surface area contributed by atoms with Crippen LogP contribution in [0.5, 0.6) is 0 Å². The highest BCUT2D eigenvalue weighted by Crippen LogP contribution is 2.14. The van der Waals surface area contributed by atoms with Crippen LogP contribution in [0.1, 0.15) is 17.2 Å². The standard InChI is InChI=1S/C15H15N3O3/c16-14(12-6-2-1-3-7-12)15(19)17-10-11-5-4-8-13(9-11)18(20)21/h1-9,14H,10,16H2,(H,17,19)/t14-/m0/s1. The van der Waals surface area contributed by atoms with E-state index in [0.717, 1.165) is 0 Å². The summed E-state index contributed by atoms with van der Waals surface area (Å²) in [6.07, 6.45) is 0. The highest BCUT2D eigenvalue weighted by Gasteiger charge is 2.15. The lowest BCUT2D eigenvalue weighted by Crippen LogP contribution is -2.33. The van der Waals surface area contributed by atoms with Crippen LogP contribution in [0.3, 0.4) is 0 Å². The minimum absolute atomic E-state index is 0.00546. The van der Waals surface area contributed by atoms with Gasteiger partial charge in [-0.05, 0) is 11.1 Å². The molecule has 108 valence electrons. The largest absolute Gasteiger partial charge is 0.350 e. The monoisotopic (exact) mass is 285 g/mol. The molecule has 0 aliphatic rings. The summed E-state index contributed by atoms with van der Waals surface area (Å²) in [5, 5.41) is 13.4. The quantitative estimate of drug-likeness (QED) is 0.647. The van der Waals surface area contributed by atoms with Gasteiger partial charge in [0.25, 0.3) is 5.69 Å². The van der Waals surface area contributed by atoms with Gasteiger partial charge in [-0.2, -0.15) is 0 Å². The van der Waals surface area contributed by atoms with Crippen LogP contribution in [0, 0.1) is 10.1 Å². The Morgan fingerprint density at radius 2 is 1.90 bits per heavy atom. The van der Waals surface area contributed by atoms with Crippen molar-refractivity contribution in [2.24, 2.45) is 5.73 Å². The van der Waals surface area contributed by atoms with Crippen molar-refractivity contribution in [2.45, 2.75) is 12.6 Å². The SMILES string of the molecule is N[C@H](C(=O)NCc1cccc([N+](=O)[O-])c1)c1ccccc1. The molecule has 3 N–H and O–H groups in total. The van der Waals surface area contributed by atoms with E-state index in [1.807, 2.05) is 18.2 Å². The first-order chi connectivity index (χ1) is 10.1. The number of carbonyl (C=O) groups is 1. The third-order valence-electron chi connectivity index (χ3n) is 3.03. The van der Waals surface area contributed by atoms with Crippen molar-refractivity contribution in [1.29, 1.82) is 0 Å². The van der Waals surface area contributed by atoms with E-state index >= 15 is 0 Å². The third kappa shape index (κ3) is 3.87. The molecule has 0 saturated carbocycles.